The highest BCUT2D eigenvalue weighted by molar-refractivity contribution is 6.00. The summed E-state index contributed by atoms with van der Waals surface area (Å²) in [5.74, 6) is -1.12. The number of carbonyl (C=O) groups is 3. The molecule has 7 nitrogen and oxygen atoms in total. The fourth-order valence-corrected chi connectivity index (χ4v) is 2.00. The SMILES string of the molecule is CCC(CC(=O)O)NC(=O)c1ccc2c(c1)NC(=O)CO2. The highest BCUT2D eigenvalue weighted by Gasteiger charge is 2.19. The summed E-state index contributed by atoms with van der Waals surface area (Å²) >= 11 is 0. The number of benzene rings is 1. The van der Waals surface area contributed by atoms with Gasteiger partial charge in [0.05, 0.1) is 12.1 Å². The number of carboxylic acid groups (broad SMARTS) is 1. The van der Waals surface area contributed by atoms with E-state index in [1.54, 1.807) is 19.1 Å². The lowest BCUT2D eigenvalue weighted by Crippen LogP contribution is -2.36. The van der Waals surface area contributed by atoms with Crippen LogP contribution in [0.25, 0.3) is 0 Å². The molecule has 0 bridgehead atoms. The fourth-order valence-electron chi connectivity index (χ4n) is 2.00. The molecule has 1 heterocycles. The van der Waals surface area contributed by atoms with E-state index >= 15 is 0 Å². The third kappa shape index (κ3) is 3.71. The van der Waals surface area contributed by atoms with Crippen LogP contribution in [0.4, 0.5) is 5.69 Å². The van der Waals surface area contributed by atoms with Gasteiger partial charge < -0.3 is 20.5 Å². The number of ether oxygens (including phenoxy) is 1. The van der Waals surface area contributed by atoms with Crippen LogP contribution in [0.1, 0.15) is 30.1 Å². The minimum Gasteiger partial charge on any atom is -0.482 e. The first-order valence-electron chi connectivity index (χ1n) is 6.59. The Balaban J connectivity index is 2.10. The van der Waals surface area contributed by atoms with Gasteiger partial charge in [0, 0.05) is 11.6 Å². The van der Waals surface area contributed by atoms with Crippen LogP contribution in [-0.4, -0.2) is 35.5 Å². The lowest BCUT2D eigenvalue weighted by atomic mass is 10.1. The number of amides is 2. The van der Waals surface area contributed by atoms with Crippen molar-refractivity contribution in [3.63, 3.8) is 0 Å². The van der Waals surface area contributed by atoms with Gasteiger partial charge in [-0.15, -0.1) is 0 Å². The Hall–Kier alpha value is -2.57. The molecule has 112 valence electrons. The number of aliphatic carboxylic acids is 1. The molecule has 1 atom stereocenters. The summed E-state index contributed by atoms with van der Waals surface area (Å²) in [6.07, 6.45) is 0.385. The quantitative estimate of drug-likeness (QED) is 0.751. The van der Waals surface area contributed by atoms with Gasteiger partial charge >= 0.3 is 5.97 Å². The molecule has 0 radical (unpaired) electrons. The van der Waals surface area contributed by atoms with Crippen molar-refractivity contribution in [2.75, 3.05) is 11.9 Å². The summed E-state index contributed by atoms with van der Waals surface area (Å²) in [5, 5.41) is 14.0. The van der Waals surface area contributed by atoms with Crippen LogP contribution in [-0.2, 0) is 9.59 Å². The zero-order valence-electron chi connectivity index (χ0n) is 11.5. The number of carboxylic acids is 1. The molecule has 2 amide bonds. The Morgan fingerprint density at radius 2 is 2.24 bits per heavy atom. The van der Waals surface area contributed by atoms with Gasteiger partial charge in [-0.3, -0.25) is 14.4 Å². The Kier molecular flexibility index (Phi) is 4.42. The largest absolute Gasteiger partial charge is 0.482 e. The zero-order valence-corrected chi connectivity index (χ0v) is 11.5. The molecule has 0 saturated carbocycles. The number of fused-ring (bicyclic) bond motifs is 1. The monoisotopic (exact) mass is 292 g/mol. The summed E-state index contributed by atoms with van der Waals surface area (Å²) in [6, 6.07) is 4.24. The van der Waals surface area contributed by atoms with Gasteiger partial charge in [0.25, 0.3) is 11.8 Å². The van der Waals surface area contributed by atoms with E-state index in [1.807, 2.05) is 0 Å². The maximum absolute atomic E-state index is 12.1. The van der Waals surface area contributed by atoms with Crippen LogP contribution in [0, 0.1) is 0 Å². The Morgan fingerprint density at radius 3 is 2.90 bits per heavy atom. The van der Waals surface area contributed by atoms with Crippen LogP contribution in [0.5, 0.6) is 5.75 Å². The van der Waals surface area contributed by atoms with Gasteiger partial charge in [0.15, 0.2) is 6.61 Å². The second kappa shape index (κ2) is 6.25. The third-order valence-electron chi connectivity index (χ3n) is 3.12. The molecule has 21 heavy (non-hydrogen) atoms. The average Bonchev–Trinajstić information content (AvgIpc) is 2.45. The molecule has 0 spiro atoms. The van der Waals surface area contributed by atoms with Crippen LogP contribution < -0.4 is 15.4 Å². The predicted molar refractivity (Wildman–Crippen MR) is 74.4 cm³/mol. The average molecular weight is 292 g/mol. The zero-order chi connectivity index (χ0) is 15.4. The molecule has 0 fully saturated rings. The minimum absolute atomic E-state index is 0.0466. The summed E-state index contributed by atoms with van der Waals surface area (Å²) in [5.41, 5.74) is 0.772. The van der Waals surface area contributed by atoms with E-state index in [-0.39, 0.29) is 24.8 Å². The lowest BCUT2D eigenvalue weighted by Gasteiger charge is -2.19. The lowest BCUT2D eigenvalue weighted by molar-refractivity contribution is -0.137. The molecular formula is C14H16N2O5. The van der Waals surface area contributed by atoms with Gasteiger partial charge in [-0.25, -0.2) is 0 Å². The van der Waals surface area contributed by atoms with Crippen LogP contribution in [0.15, 0.2) is 18.2 Å². The predicted octanol–water partition coefficient (Wildman–Crippen LogP) is 1.00. The second-order valence-corrected chi connectivity index (χ2v) is 4.72. The molecular weight excluding hydrogens is 276 g/mol. The number of anilines is 1. The third-order valence-corrected chi connectivity index (χ3v) is 3.12. The summed E-state index contributed by atoms with van der Waals surface area (Å²) in [7, 11) is 0. The molecule has 3 N–H and O–H groups in total. The smallest absolute Gasteiger partial charge is 0.305 e. The summed E-state index contributed by atoms with van der Waals surface area (Å²) < 4.78 is 5.20. The molecule has 0 saturated heterocycles. The van der Waals surface area contributed by atoms with E-state index in [2.05, 4.69) is 10.6 Å². The maximum Gasteiger partial charge on any atom is 0.305 e. The molecule has 2 rings (SSSR count). The van der Waals surface area contributed by atoms with Gasteiger partial charge in [0.1, 0.15) is 5.75 Å². The molecule has 7 heteroatoms. The van der Waals surface area contributed by atoms with E-state index in [0.29, 0.717) is 23.4 Å². The van der Waals surface area contributed by atoms with Crippen LogP contribution in [0.2, 0.25) is 0 Å². The standard InChI is InChI=1S/C14H16N2O5/c1-2-9(6-13(18)19)15-14(20)8-3-4-11-10(5-8)16-12(17)7-21-11/h3-5,9H,2,6-7H2,1H3,(H,15,20)(H,16,17)(H,18,19). The second-order valence-electron chi connectivity index (χ2n) is 4.72. The summed E-state index contributed by atoms with van der Waals surface area (Å²) in [6.45, 7) is 1.75. The highest BCUT2D eigenvalue weighted by Crippen LogP contribution is 2.28. The van der Waals surface area contributed by atoms with E-state index in [0.717, 1.165) is 0 Å². The van der Waals surface area contributed by atoms with E-state index in [1.165, 1.54) is 6.07 Å². The highest BCUT2D eigenvalue weighted by atomic mass is 16.5. The Bertz CT molecular complexity index is 585. The molecule has 0 aromatic heterocycles. The first-order valence-corrected chi connectivity index (χ1v) is 6.59. The first-order chi connectivity index (χ1) is 9.99. The molecule has 1 unspecified atom stereocenters. The summed E-state index contributed by atoms with van der Waals surface area (Å²) in [4.78, 5) is 34.1. The molecule has 1 aromatic carbocycles. The number of carbonyl (C=O) groups excluding carboxylic acids is 2. The van der Waals surface area contributed by atoms with E-state index in [9.17, 15) is 14.4 Å². The normalized spacial score (nSPS) is 14.4. The van der Waals surface area contributed by atoms with Crippen molar-refractivity contribution in [1.29, 1.82) is 0 Å². The van der Waals surface area contributed by atoms with E-state index < -0.39 is 12.0 Å². The minimum atomic E-state index is -0.965. The number of hydrogen-bond donors (Lipinski definition) is 3. The van der Waals surface area contributed by atoms with Crippen molar-refractivity contribution in [1.82, 2.24) is 5.32 Å². The van der Waals surface area contributed by atoms with Crippen molar-refractivity contribution < 1.29 is 24.2 Å². The maximum atomic E-state index is 12.1. The molecule has 1 aliphatic rings. The van der Waals surface area contributed by atoms with Gasteiger partial charge in [0.2, 0.25) is 0 Å². The van der Waals surface area contributed by atoms with Crippen LogP contribution >= 0.6 is 0 Å². The Labute approximate surface area is 121 Å². The topological polar surface area (TPSA) is 105 Å². The van der Waals surface area contributed by atoms with Crippen LogP contribution in [0.3, 0.4) is 0 Å². The van der Waals surface area contributed by atoms with Crippen molar-refractivity contribution in [3.05, 3.63) is 23.8 Å². The van der Waals surface area contributed by atoms with Crippen molar-refractivity contribution in [2.24, 2.45) is 0 Å². The number of nitrogens with one attached hydrogen (secondary N) is 2. The first kappa shape index (κ1) is 14.8. The van der Waals surface area contributed by atoms with Crippen molar-refractivity contribution in [2.45, 2.75) is 25.8 Å². The van der Waals surface area contributed by atoms with Gasteiger partial charge in [-0.1, -0.05) is 6.92 Å². The van der Waals surface area contributed by atoms with Gasteiger partial charge in [-0.2, -0.15) is 0 Å². The molecule has 1 aromatic rings. The number of rotatable bonds is 5. The fraction of sp³-hybridized carbons (Fsp3) is 0.357. The molecule has 1 aliphatic heterocycles. The van der Waals surface area contributed by atoms with Crippen molar-refractivity contribution >= 4 is 23.5 Å². The van der Waals surface area contributed by atoms with Crippen molar-refractivity contribution in [3.8, 4) is 5.75 Å². The van der Waals surface area contributed by atoms with E-state index in [4.69, 9.17) is 9.84 Å². The van der Waals surface area contributed by atoms with Gasteiger partial charge in [-0.05, 0) is 24.6 Å². The Morgan fingerprint density at radius 1 is 1.48 bits per heavy atom. The number of hydrogen-bond acceptors (Lipinski definition) is 4. The molecule has 0 aliphatic carbocycles.